The number of hydrogen-bond donors (Lipinski definition) is 1. The van der Waals surface area contributed by atoms with Gasteiger partial charge in [0.2, 0.25) is 0 Å². The second kappa shape index (κ2) is 6.48. The molecule has 0 saturated carbocycles. The molecule has 0 aliphatic rings. The first-order chi connectivity index (χ1) is 8.44. The van der Waals surface area contributed by atoms with Crippen molar-refractivity contribution in [2.45, 2.75) is 6.92 Å². The molecular weight excluding hydrogens is 258 g/mol. The largest absolute Gasteiger partial charge is 0.399 e. The molecule has 1 aromatic rings. The van der Waals surface area contributed by atoms with E-state index < -0.39 is 10.4 Å². The van der Waals surface area contributed by atoms with Crippen LogP contribution in [-0.2, 0) is 18.8 Å². The first kappa shape index (κ1) is 14.6. The highest BCUT2D eigenvalue weighted by atomic mass is 32.3. The van der Waals surface area contributed by atoms with Crippen molar-refractivity contribution < 1.29 is 21.6 Å². The summed E-state index contributed by atoms with van der Waals surface area (Å²) in [4.78, 5) is 11.6. The summed E-state index contributed by atoms with van der Waals surface area (Å²) in [5, 5.41) is 2.53. The maximum atomic E-state index is 11.6. The van der Waals surface area contributed by atoms with Crippen LogP contribution in [0.5, 0.6) is 0 Å². The van der Waals surface area contributed by atoms with Crippen LogP contribution >= 0.6 is 0 Å². The molecule has 0 aromatic heterocycles. The molecule has 100 valence electrons. The summed E-state index contributed by atoms with van der Waals surface area (Å²) in [6, 6.07) is 7.02. The molecular formula is C11H15NO5S. The van der Waals surface area contributed by atoms with Crippen LogP contribution in [0.4, 0.5) is 0 Å². The van der Waals surface area contributed by atoms with E-state index in [1.54, 1.807) is 12.1 Å². The van der Waals surface area contributed by atoms with Crippen LogP contribution in [0.2, 0.25) is 0 Å². The van der Waals surface area contributed by atoms with Gasteiger partial charge in [0.15, 0.2) is 0 Å². The van der Waals surface area contributed by atoms with Gasteiger partial charge in [0, 0.05) is 12.1 Å². The van der Waals surface area contributed by atoms with Gasteiger partial charge in [0.05, 0.1) is 13.7 Å². The number of hydrogen-bond acceptors (Lipinski definition) is 5. The Kier molecular flexibility index (Phi) is 5.26. The van der Waals surface area contributed by atoms with Crippen LogP contribution in [0.25, 0.3) is 0 Å². The van der Waals surface area contributed by atoms with E-state index in [0.29, 0.717) is 5.56 Å². The molecule has 0 bridgehead atoms. The Morgan fingerprint density at radius 2 is 1.89 bits per heavy atom. The highest BCUT2D eigenvalue weighted by Crippen LogP contribution is 2.02. The van der Waals surface area contributed by atoms with Crippen molar-refractivity contribution in [1.29, 1.82) is 0 Å². The second-order valence-corrected chi connectivity index (χ2v) is 4.90. The highest BCUT2D eigenvalue weighted by molar-refractivity contribution is 7.81. The van der Waals surface area contributed by atoms with E-state index in [-0.39, 0.29) is 19.1 Å². The minimum absolute atomic E-state index is 0.0787. The van der Waals surface area contributed by atoms with Crippen LogP contribution in [0.1, 0.15) is 15.9 Å². The van der Waals surface area contributed by atoms with E-state index in [0.717, 1.165) is 12.7 Å². The summed E-state index contributed by atoms with van der Waals surface area (Å²) in [6.45, 7) is 1.83. The lowest BCUT2D eigenvalue weighted by atomic mass is 10.1. The molecule has 6 nitrogen and oxygen atoms in total. The topological polar surface area (TPSA) is 81.7 Å². The van der Waals surface area contributed by atoms with Gasteiger partial charge in [0.1, 0.15) is 0 Å². The number of aryl methyl sites for hydroxylation is 1. The number of nitrogens with one attached hydrogen (secondary N) is 1. The quantitative estimate of drug-likeness (QED) is 0.769. The third-order valence-corrected chi connectivity index (χ3v) is 3.00. The minimum atomic E-state index is -3.94. The van der Waals surface area contributed by atoms with Crippen LogP contribution in [0.15, 0.2) is 24.3 Å². The molecule has 0 heterocycles. The lowest BCUT2D eigenvalue weighted by Gasteiger charge is -2.05. The van der Waals surface area contributed by atoms with Gasteiger partial charge < -0.3 is 5.32 Å². The van der Waals surface area contributed by atoms with Crippen LogP contribution in [-0.4, -0.2) is 34.6 Å². The first-order valence-corrected chi connectivity index (χ1v) is 6.58. The van der Waals surface area contributed by atoms with Crippen LogP contribution in [0.3, 0.4) is 0 Å². The Morgan fingerprint density at radius 3 is 2.44 bits per heavy atom. The van der Waals surface area contributed by atoms with E-state index in [9.17, 15) is 13.2 Å². The van der Waals surface area contributed by atoms with Crippen molar-refractivity contribution >= 4 is 16.3 Å². The molecule has 1 rings (SSSR count). The number of carbonyl (C=O) groups is 1. The summed E-state index contributed by atoms with van der Waals surface area (Å²) in [7, 11) is -2.94. The number of carbonyl (C=O) groups excluding carboxylic acids is 1. The molecule has 0 saturated heterocycles. The zero-order valence-electron chi connectivity index (χ0n) is 10.2. The molecule has 0 unspecified atom stereocenters. The van der Waals surface area contributed by atoms with Gasteiger partial charge in [-0.05, 0) is 19.1 Å². The zero-order chi connectivity index (χ0) is 13.6. The molecule has 7 heteroatoms. The summed E-state index contributed by atoms with van der Waals surface area (Å²) in [5.41, 5.74) is 1.57. The summed E-state index contributed by atoms with van der Waals surface area (Å²) in [5.74, 6) is -0.284. The SMILES string of the molecule is COS(=O)(=O)OCCNC(=O)c1ccc(C)cc1. The Hall–Kier alpha value is -1.44. The fourth-order valence-corrected chi connectivity index (χ4v) is 1.55. The first-order valence-electron chi connectivity index (χ1n) is 5.24. The van der Waals surface area contributed by atoms with Gasteiger partial charge in [-0.1, -0.05) is 17.7 Å². The minimum Gasteiger partial charge on any atom is -0.350 e. The highest BCUT2D eigenvalue weighted by Gasteiger charge is 2.09. The average Bonchev–Trinajstić information content (AvgIpc) is 2.35. The molecule has 0 radical (unpaired) electrons. The number of rotatable bonds is 6. The van der Waals surface area contributed by atoms with Crippen LogP contribution < -0.4 is 5.32 Å². The third kappa shape index (κ3) is 4.82. The maximum Gasteiger partial charge on any atom is 0.399 e. The zero-order valence-corrected chi connectivity index (χ0v) is 11.0. The number of benzene rings is 1. The summed E-state index contributed by atoms with van der Waals surface area (Å²) in [6.07, 6.45) is 0. The van der Waals surface area contributed by atoms with E-state index in [2.05, 4.69) is 13.7 Å². The van der Waals surface area contributed by atoms with Crippen molar-refractivity contribution in [3.05, 3.63) is 35.4 Å². The van der Waals surface area contributed by atoms with Gasteiger partial charge in [-0.15, -0.1) is 0 Å². The van der Waals surface area contributed by atoms with Gasteiger partial charge in [-0.2, -0.15) is 8.42 Å². The molecule has 0 atom stereocenters. The van der Waals surface area contributed by atoms with Crippen LogP contribution in [0, 0.1) is 6.92 Å². The molecule has 1 aromatic carbocycles. The molecule has 1 amide bonds. The predicted octanol–water partition coefficient (Wildman–Crippen LogP) is 0.633. The van der Waals surface area contributed by atoms with Crippen molar-refractivity contribution in [1.82, 2.24) is 5.32 Å². The Morgan fingerprint density at radius 1 is 1.28 bits per heavy atom. The van der Waals surface area contributed by atoms with Gasteiger partial charge >= 0.3 is 10.4 Å². The number of amides is 1. The van der Waals surface area contributed by atoms with E-state index in [1.165, 1.54) is 0 Å². The molecule has 0 aliphatic carbocycles. The van der Waals surface area contributed by atoms with Gasteiger partial charge in [-0.25, -0.2) is 4.18 Å². The molecule has 0 fully saturated rings. The monoisotopic (exact) mass is 273 g/mol. The lowest BCUT2D eigenvalue weighted by Crippen LogP contribution is -2.28. The predicted molar refractivity (Wildman–Crippen MR) is 65.4 cm³/mol. The fourth-order valence-electron chi connectivity index (χ4n) is 1.16. The van der Waals surface area contributed by atoms with E-state index in [1.807, 2.05) is 19.1 Å². The third-order valence-electron chi connectivity index (χ3n) is 2.13. The fraction of sp³-hybridized carbons (Fsp3) is 0.364. The van der Waals surface area contributed by atoms with E-state index in [4.69, 9.17) is 0 Å². The summed E-state index contributed by atoms with van der Waals surface area (Å²) < 4.78 is 30.1. The van der Waals surface area contributed by atoms with Gasteiger partial charge in [0.25, 0.3) is 5.91 Å². The summed E-state index contributed by atoms with van der Waals surface area (Å²) >= 11 is 0. The Balaban J connectivity index is 2.36. The Labute approximate surface area is 106 Å². The van der Waals surface area contributed by atoms with Gasteiger partial charge in [-0.3, -0.25) is 8.98 Å². The maximum absolute atomic E-state index is 11.6. The molecule has 0 aliphatic heterocycles. The van der Waals surface area contributed by atoms with Crippen molar-refractivity contribution in [3.63, 3.8) is 0 Å². The van der Waals surface area contributed by atoms with Crippen molar-refractivity contribution in [2.75, 3.05) is 20.3 Å². The second-order valence-electron chi connectivity index (χ2n) is 3.52. The normalized spacial score (nSPS) is 11.2. The van der Waals surface area contributed by atoms with Crippen molar-refractivity contribution in [3.8, 4) is 0 Å². The average molecular weight is 273 g/mol. The van der Waals surface area contributed by atoms with Crippen molar-refractivity contribution in [2.24, 2.45) is 0 Å². The lowest BCUT2D eigenvalue weighted by molar-refractivity contribution is 0.0945. The molecule has 18 heavy (non-hydrogen) atoms. The van der Waals surface area contributed by atoms with E-state index >= 15 is 0 Å². The Bertz CT molecular complexity index is 495. The molecule has 0 spiro atoms. The standard InChI is InChI=1S/C11H15NO5S/c1-9-3-5-10(6-4-9)11(13)12-7-8-17-18(14,15)16-2/h3-6H,7-8H2,1-2H3,(H,12,13). The smallest absolute Gasteiger partial charge is 0.350 e. The molecule has 1 N–H and O–H groups in total.